The highest BCUT2D eigenvalue weighted by Crippen LogP contribution is 2.21. The molecule has 1 aromatic rings. The highest BCUT2D eigenvalue weighted by atomic mass is 16.5. The van der Waals surface area contributed by atoms with Crippen LogP contribution in [0.5, 0.6) is 5.75 Å². The largest absolute Gasteiger partial charge is 0.493 e. The van der Waals surface area contributed by atoms with Crippen LogP contribution in [0.15, 0.2) is 24.3 Å². The maximum atomic E-state index is 9.78. The Bertz CT molecular complexity index is 304. The van der Waals surface area contributed by atoms with Gasteiger partial charge in [0.25, 0.3) is 0 Å². The van der Waals surface area contributed by atoms with Crippen molar-refractivity contribution in [3.8, 4) is 5.75 Å². The lowest BCUT2D eigenvalue weighted by atomic mass is 10.1. The summed E-state index contributed by atoms with van der Waals surface area (Å²) in [6.07, 6.45) is 0.796. The van der Waals surface area contributed by atoms with Crippen LogP contribution in [0, 0.1) is 0 Å². The molecule has 1 aromatic carbocycles. The van der Waals surface area contributed by atoms with Crippen molar-refractivity contribution in [2.24, 2.45) is 0 Å². The number of ether oxygens (including phenoxy) is 1. The van der Waals surface area contributed by atoms with Gasteiger partial charge >= 0.3 is 0 Å². The molecule has 1 unspecified atom stereocenters. The molecule has 0 aliphatic rings. The van der Waals surface area contributed by atoms with E-state index < -0.39 is 6.10 Å². The third kappa shape index (κ3) is 4.18. The molecule has 5 N–H and O–H groups in total. The van der Waals surface area contributed by atoms with Gasteiger partial charge in [0.1, 0.15) is 5.75 Å². The first kappa shape index (κ1) is 13.0. The third-order valence-corrected chi connectivity index (χ3v) is 2.29. The molecule has 1 atom stereocenters. The van der Waals surface area contributed by atoms with Crippen LogP contribution in [0.25, 0.3) is 0 Å². The Hall–Kier alpha value is -1.10. The average molecular weight is 226 g/mol. The molecule has 4 nitrogen and oxygen atoms in total. The topological polar surface area (TPSA) is 77.3 Å². The van der Waals surface area contributed by atoms with E-state index in [9.17, 15) is 5.11 Å². The molecule has 0 aliphatic heterocycles. The number of hydrogen-bond donors (Lipinski definition) is 3. The van der Waals surface area contributed by atoms with Gasteiger partial charge in [-0.1, -0.05) is 12.1 Å². The Morgan fingerprint density at radius 2 is 2.19 bits per heavy atom. The molecule has 0 bridgehead atoms. The summed E-state index contributed by atoms with van der Waals surface area (Å²) >= 11 is 0. The molecule has 0 radical (unpaired) electrons. The maximum Gasteiger partial charge on any atom is 0.119 e. The fourth-order valence-electron chi connectivity index (χ4n) is 1.43. The number of aliphatic hydroxyl groups is 2. The molecule has 0 spiro atoms. The molecule has 1 rings (SSSR count). The zero-order chi connectivity index (χ0) is 11.8. The van der Waals surface area contributed by atoms with Gasteiger partial charge in [0.2, 0.25) is 0 Å². The zero-order valence-electron chi connectivity index (χ0n) is 9.43. The molecule has 90 valence electrons. The Morgan fingerprint density at radius 1 is 1.38 bits per heavy atom. The smallest absolute Gasteiger partial charge is 0.119 e. The van der Waals surface area contributed by atoms with Gasteiger partial charge in [-0.15, -0.1) is 0 Å². The number of aliphatic hydroxyl groups excluding tert-OH is 2. The number of rotatable bonds is 7. The van der Waals surface area contributed by atoms with Crippen LogP contribution >= 0.6 is 0 Å². The minimum Gasteiger partial charge on any atom is -0.493 e. The van der Waals surface area contributed by atoms with Gasteiger partial charge in [-0.05, 0) is 17.7 Å². The van der Waals surface area contributed by atoms with E-state index >= 15 is 0 Å². The second-order valence-corrected chi connectivity index (χ2v) is 3.66. The number of hydrogen-bond acceptors (Lipinski definition) is 3. The van der Waals surface area contributed by atoms with Crippen molar-refractivity contribution in [1.29, 1.82) is 0 Å². The van der Waals surface area contributed by atoms with Crippen molar-refractivity contribution in [1.82, 2.24) is 0 Å². The van der Waals surface area contributed by atoms with Gasteiger partial charge < -0.3 is 20.7 Å². The predicted octanol–water partition coefficient (Wildman–Crippen LogP) is 0.113. The Balaban J connectivity index is 2.56. The molecule has 0 amide bonds. The van der Waals surface area contributed by atoms with Gasteiger partial charge in [-0.3, -0.25) is 0 Å². The van der Waals surface area contributed by atoms with Gasteiger partial charge in [0, 0.05) is 19.4 Å². The predicted molar refractivity (Wildman–Crippen MR) is 61.0 cm³/mol. The summed E-state index contributed by atoms with van der Waals surface area (Å²) in [6.45, 7) is 1.33. The van der Waals surface area contributed by atoms with E-state index in [1.807, 2.05) is 24.3 Å². The van der Waals surface area contributed by atoms with E-state index in [1.54, 1.807) is 0 Å². The molecule has 4 heteroatoms. The molecule has 0 fully saturated rings. The van der Waals surface area contributed by atoms with E-state index in [0.717, 1.165) is 11.3 Å². The summed E-state index contributed by atoms with van der Waals surface area (Å²) in [4.78, 5) is 0. The first-order valence-electron chi connectivity index (χ1n) is 5.59. The van der Waals surface area contributed by atoms with E-state index in [-0.39, 0.29) is 6.61 Å². The summed E-state index contributed by atoms with van der Waals surface area (Å²) < 4.78 is 5.43. The molecule has 0 heterocycles. The fourth-order valence-corrected chi connectivity index (χ4v) is 1.43. The van der Waals surface area contributed by atoms with E-state index in [2.05, 4.69) is 5.73 Å². The van der Waals surface area contributed by atoms with Crippen LogP contribution in [0.4, 0.5) is 0 Å². The van der Waals surface area contributed by atoms with Crippen molar-refractivity contribution in [3.05, 3.63) is 29.8 Å². The second kappa shape index (κ2) is 7.22. The summed E-state index contributed by atoms with van der Waals surface area (Å²) in [7, 11) is 0. The van der Waals surface area contributed by atoms with E-state index in [0.29, 0.717) is 26.0 Å². The van der Waals surface area contributed by atoms with Crippen molar-refractivity contribution in [2.75, 3.05) is 19.8 Å². The standard InChI is InChI=1S/C12H19NO3/c13-6-5-12(15)10-3-1-4-11(9-10)16-8-2-7-14/h1,3-4,9,12,14-15H,2,5-8,13H2/p+1. The minimum atomic E-state index is -0.473. The monoisotopic (exact) mass is 226 g/mol. The van der Waals surface area contributed by atoms with Gasteiger partial charge in [0.05, 0.1) is 19.3 Å². The van der Waals surface area contributed by atoms with Crippen molar-refractivity contribution in [3.63, 3.8) is 0 Å². The highest BCUT2D eigenvalue weighted by molar-refractivity contribution is 5.29. The lowest BCUT2D eigenvalue weighted by Gasteiger charge is -2.11. The first-order valence-corrected chi connectivity index (χ1v) is 5.59. The molecular formula is C12H20NO3+. The molecule has 0 saturated carbocycles. The van der Waals surface area contributed by atoms with Crippen LogP contribution in [0.1, 0.15) is 24.5 Å². The number of benzene rings is 1. The highest BCUT2D eigenvalue weighted by Gasteiger charge is 2.07. The first-order chi connectivity index (χ1) is 7.77. The van der Waals surface area contributed by atoms with Crippen molar-refractivity contribution in [2.45, 2.75) is 18.9 Å². The summed E-state index contributed by atoms with van der Waals surface area (Å²) in [5.74, 6) is 0.731. The molecule has 0 aromatic heterocycles. The van der Waals surface area contributed by atoms with Crippen LogP contribution in [0.3, 0.4) is 0 Å². The number of quaternary nitrogens is 1. The Labute approximate surface area is 95.7 Å². The molecule has 0 aliphatic carbocycles. The zero-order valence-corrected chi connectivity index (χ0v) is 9.43. The maximum absolute atomic E-state index is 9.78. The minimum absolute atomic E-state index is 0.129. The van der Waals surface area contributed by atoms with E-state index in [4.69, 9.17) is 9.84 Å². The second-order valence-electron chi connectivity index (χ2n) is 3.66. The van der Waals surface area contributed by atoms with Crippen LogP contribution < -0.4 is 10.5 Å². The van der Waals surface area contributed by atoms with Crippen molar-refractivity contribution < 1.29 is 20.7 Å². The molecule has 0 saturated heterocycles. The Kier molecular flexibility index (Phi) is 5.85. The van der Waals surface area contributed by atoms with E-state index in [1.165, 1.54) is 0 Å². The lowest BCUT2D eigenvalue weighted by Crippen LogP contribution is -2.50. The molecular weight excluding hydrogens is 206 g/mol. The van der Waals surface area contributed by atoms with Crippen LogP contribution in [-0.4, -0.2) is 30.0 Å². The Morgan fingerprint density at radius 3 is 2.88 bits per heavy atom. The van der Waals surface area contributed by atoms with Gasteiger partial charge in [0.15, 0.2) is 0 Å². The summed E-state index contributed by atoms with van der Waals surface area (Å²) in [6, 6.07) is 7.41. The summed E-state index contributed by atoms with van der Waals surface area (Å²) in [5, 5.41) is 18.4. The summed E-state index contributed by atoms with van der Waals surface area (Å²) in [5.41, 5.74) is 4.57. The molecule has 16 heavy (non-hydrogen) atoms. The van der Waals surface area contributed by atoms with Gasteiger partial charge in [-0.25, -0.2) is 0 Å². The average Bonchev–Trinajstić information content (AvgIpc) is 2.30. The quantitative estimate of drug-likeness (QED) is 0.578. The van der Waals surface area contributed by atoms with Crippen LogP contribution in [0.2, 0.25) is 0 Å². The van der Waals surface area contributed by atoms with Crippen LogP contribution in [-0.2, 0) is 0 Å². The normalized spacial score (nSPS) is 12.4. The third-order valence-electron chi connectivity index (χ3n) is 2.29. The fraction of sp³-hybridized carbons (Fsp3) is 0.500. The van der Waals surface area contributed by atoms with Gasteiger partial charge in [-0.2, -0.15) is 0 Å². The SMILES string of the molecule is [NH3+]CCC(O)c1cccc(OCCCO)c1. The lowest BCUT2D eigenvalue weighted by molar-refractivity contribution is -0.371. The van der Waals surface area contributed by atoms with Crippen molar-refractivity contribution >= 4 is 0 Å².